The fraction of sp³-hybridized carbons (Fsp3) is 0.385. The van der Waals surface area contributed by atoms with Gasteiger partial charge in [0.25, 0.3) is 0 Å². The van der Waals surface area contributed by atoms with E-state index >= 15 is 0 Å². The first-order chi connectivity index (χ1) is 8.68. The fourth-order valence-corrected chi connectivity index (χ4v) is 1.91. The summed E-state index contributed by atoms with van der Waals surface area (Å²) in [5.74, 6) is 0.00258. The average Bonchev–Trinajstić information content (AvgIpc) is 2.65. The normalized spacial score (nSPS) is 10.8. The van der Waals surface area contributed by atoms with Gasteiger partial charge in [-0.2, -0.15) is 0 Å². The van der Waals surface area contributed by atoms with Gasteiger partial charge in [0.15, 0.2) is 0 Å². The van der Waals surface area contributed by atoms with Gasteiger partial charge >= 0.3 is 0 Å². The largest absolute Gasteiger partial charge is 0.355 e. The third kappa shape index (κ3) is 2.87. The summed E-state index contributed by atoms with van der Waals surface area (Å²) in [4.78, 5) is 15.2. The van der Waals surface area contributed by atoms with E-state index in [4.69, 9.17) is 0 Å². The molecule has 2 aromatic heterocycles. The molecule has 2 aromatic rings. The second-order valence-electron chi connectivity index (χ2n) is 4.23. The lowest BCUT2D eigenvalue weighted by Gasteiger charge is -2.06. The second kappa shape index (κ2) is 5.64. The molecule has 18 heavy (non-hydrogen) atoms. The Hall–Kier alpha value is -1.88. The van der Waals surface area contributed by atoms with Gasteiger partial charge in [-0.15, -0.1) is 0 Å². The molecule has 0 radical (unpaired) electrons. The molecule has 0 unspecified atom stereocenters. The van der Waals surface area contributed by atoms with Crippen LogP contribution in [0.2, 0.25) is 0 Å². The van der Waals surface area contributed by atoms with Crippen molar-refractivity contribution in [1.29, 1.82) is 0 Å². The molecular weight excluding hydrogens is 228 g/mol. The number of carbonyl (C=O) groups is 1. The van der Waals surface area contributed by atoms with E-state index in [0.717, 1.165) is 30.1 Å². The number of nitrogens with one attached hydrogen (secondary N) is 2. The number of aromatic nitrogens is 2. The highest BCUT2D eigenvalue weighted by molar-refractivity contribution is 5.72. The van der Waals surface area contributed by atoms with Crippen molar-refractivity contribution in [2.75, 3.05) is 13.1 Å². The van der Waals surface area contributed by atoms with E-state index in [1.165, 1.54) is 6.92 Å². The van der Waals surface area contributed by atoms with E-state index in [0.29, 0.717) is 6.54 Å². The Morgan fingerprint density at radius 3 is 3.00 bits per heavy atom. The van der Waals surface area contributed by atoms with Gasteiger partial charge < -0.3 is 15.0 Å². The smallest absolute Gasteiger partial charge is 0.216 e. The molecule has 1 amide bonds. The maximum atomic E-state index is 10.7. The molecule has 0 fully saturated rings. The van der Waals surface area contributed by atoms with E-state index in [2.05, 4.69) is 20.0 Å². The molecule has 0 saturated heterocycles. The van der Waals surface area contributed by atoms with Crippen LogP contribution in [0.3, 0.4) is 0 Å². The number of nitrogens with zero attached hydrogens (tertiary/aromatic N) is 2. The van der Waals surface area contributed by atoms with Crippen LogP contribution < -0.4 is 10.6 Å². The van der Waals surface area contributed by atoms with Gasteiger partial charge in [0.05, 0.1) is 11.4 Å². The van der Waals surface area contributed by atoms with Gasteiger partial charge in [-0.1, -0.05) is 6.07 Å². The van der Waals surface area contributed by atoms with Crippen molar-refractivity contribution >= 4 is 11.6 Å². The van der Waals surface area contributed by atoms with Crippen molar-refractivity contribution in [3.05, 3.63) is 35.8 Å². The minimum absolute atomic E-state index is 0.00258. The molecule has 0 saturated carbocycles. The van der Waals surface area contributed by atoms with Crippen molar-refractivity contribution in [2.45, 2.75) is 20.4 Å². The van der Waals surface area contributed by atoms with E-state index in [1.807, 2.05) is 31.3 Å². The number of hydrogen-bond donors (Lipinski definition) is 2. The molecule has 2 heterocycles. The number of carbonyl (C=O) groups excluding carboxylic acids is 1. The molecule has 0 aromatic carbocycles. The van der Waals surface area contributed by atoms with E-state index in [1.54, 1.807) is 0 Å². The number of imidazole rings is 1. The predicted molar refractivity (Wildman–Crippen MR) is 70.3 cm³/mol. The quantitative estimate of drug-likeness (QED) is 0.770. The molecule has 5 heteroatoms. The summed E-state index contributed by atoms with van der Waals surface area (Å²) in [7, 11) is 0. The van der Waals surface area contributed by atoms with Gasteiger partial charge in [-0.05, 0) is 19.1 Å². The van der Waals surface area contributed by atoms with E-state index in [9.17, 15) is 4.79 Å². The van der Waals surface area contributed by atoms with Crippen LogP contribution in [0.1, 0.15) is 18.3 Å². The molecular formula is C13H18N4O. The lowest BCUT2D eigenvalue weighted by atomic mass is 10.3. The van der Waals surface area contributed by atoms with Crippen LogP contribution in [0.15, 0.2) is 24.4 Å². The first kappa shape index (κ1) is 12.6. The van der Waals surface area contributed by atoms with Gasteiger partial charge in [0.2, 0.25) is 5.91 Å². The zero-order valence-electron chi connectivity index (χ0n) is 10.7. The third-order valence-corrected chi connectivity index (χ3v) is 2.80. The Bertz CT molecular complexity index is 547. The van der Waals surface area contributed by atoms with Gasteiger partial charge in [0.1, 0.15) is 5.65 Å². The van der Waals surface area contributed by atoms with Crippen LogP contribution in [-0.4, -0.2) is 28.4 Å². The third-order valence-electron chi connectivity index (χ3n) is 2.80. The van der Waals surface area contributed by atoms with Crippen LogP contribution >= 0.6 is 0 Å². The number of amides is 1. The maximum absolute atomic E-state index is 10.7. The Labute approximate surface area is 106 Å². The zero-order chi connectivity index (χ0) is 13.0. The monoisotopic (exact) mass is 246 g/mol. The molecule has 2 rings (SSSR count). The molecule has 0 aliphatic heterocycles. The number of aryl methyl sites for hydroxylation is 1. The van der Waals surface area contributed by atoms with Crippen molar-refractivity contribution in [3.63, 3.8) is 0 Å². The van der Waals surface area contributed by atoms with Gasteiger partial charge in [0, 0.05) is 32.8 Å². The van der Waals surface area contributed by atoms with Crippen LogP contribution in [0.25, 0.3) is 5.65 Å². The summed E-state index contributed by atoms with van der Waals surface area (Å²) in [6, 6.07) is 5.97. The van der Waals surface area contributed by atoms with E-state index < -0.39 is 0 Å². The highest BCUT2D eigenvalue weighted by Crippen LogP contribution is 2.10. The van der Waals surface area contributed by atoms with Crippen LogP contribution in [0.4, 0.5) is 0 Å². The summed E-state index contributed by atoms with van der Waals surface area (Å²) >= 11 is 0. The molecule has 0 aliphatic carbocycles. The lowest BCUT2D eigenvalue weighted by molar-refractivity contribution is -0.118. The summed E-state index contributed by atoms with van der Waals surface area (Å²) in [6.07, 6.45) is 2.01. The van der Waals surface area contributed by atoms with Crippen molar-refractivity contribution < 1.29 is 4.79 Å². The zero-order valence-corrected chi connectivity index (χ0v) is 10.7. The Morgan fingerprint density at radius 2 is 2.22 bits per heavy atom. The number of pyridine rings is 1. The minimum atomic E-state index is 0.00258. The van der Waals surface area contributed by atoms with Crippen LogP contribution in [0, 0.1) is 6.92 Å². The van der Waals surface area contributed by atoms with Gasteiger partial charge in [-0.25, -0.2) is 4.98 Å². The predicted octanol–water partition coefficient (Wildman–Crippen LogP) is 0.868. The summed E-state index contributed by atoms with van der Waals surface area (Å²) < 4.78 is 2.08. The number of fused-ring (bicyclic) bond motifs is 1. The van der Waals surface area contributed by atoms with Crippen molar-refractivity contribution in [1.82, 2.24) is 20.0 Å². The molecule has 0 spiro atoms. The van der Waals surface area contributed by atoms with Crippen LogP contribution in [0.5, 0.6) is 0 Å². The fourth-order valence-electron chi connectivity index (χ4n) is 1.91. The Morgan fingerprint density at radius 1 is 1.39 bits per heavy atom. The standard InChI is InChI=1S/C13H18N4O/c1-10-12(9-14-6-7-15-11(2)18)17-8-4-3-5-13(17)16-10/h3-5,8,14H,6-7,9H2,1-2H3,(H,15,18). The number of rotatable bonds is 5. The molecule has 5 nitrogen and oxygen atoms in total. The SMILES string of the molecule is CC(=O)NCCNCc1c(C)nc2ccccn12. The minimum Gasteiger partial charge on any atom is -0.355 e. The highest BCUT2D eigenvalue weighted by Gasteiger charge is 2.06. The van der Waals surface area contributed by atoms with Crippen molar-refractivity contribution in [2.24, 2.45) is 0 Å². The molecule has 96 valence electrons. The van der Waals surface area contributed by atoms with Crippen molar-refractivity contribution in [3.8, 4) is 0 Å². The highest BCUT2D eigenvalue weighted by atomic mass is 16.1. The molecule has 0 aliphatic rings. The van der Waals surface area contributed by atoms with Gasteiger partial charge in [-0.3, -0.25) is 4.79 Å². The summed E-state index contributed by atoms with van der Waals surface area (Å²) in [5, 5.41) is 6.05. The summed E-state index contributed by atoms with van der Waals surface area (Å²) in [6.45, 7) is 5.67. The van der Waals surface area contributed by atoms with E-state index in [-0.39, 0.29) is 5.91 Å². The number of hydrogen-bond acceptors (Lipinski definition) is 3. The Balaban J connectivity index is 1.95. The first-order valence-corrected chi connectivity index (χ1v) is 6.06. The molecule has 0 atom stereocenters. The summed E-state index contributed by atoms with van der Waals surface area (Å²) in [5.41, 5.74) is 3.16. The topological polar surface area (TPSA) is 58.4 Å². The molecule has 2 N–H and O–H groups in total. The molecule has 0 bridgehead atoms. The average molecular weight is 246 g/mol. The van der Waals surface area contributed by atoms with Crippen LogP contribution in [-0.2, 0) is 11.3 Å². The lowest BCUT2D eigenvalue weighted by Crippen LogP contribution is -2.30. The maximum Gasteiger partial charge on any atom is 0.216 e. The Kier molecular flexibility index (Phi) is 3.94. The first-order valence-electron chi connectivity index (χ1n) is 6.06. The second-order valence-corrected chi connectivity index (χ2v) is 4.23.